The second-order valence-corrected chi connectivity index (χ2v) is 8.96. The molecule has 24 heavy (non-hydrogen) atoms. The van der Waals surface area contributed by atoms with E-state index in [9.17, 15) is 9.59 Å². The predicted octanol–water partition coefficient (Wildman–Crippen LogP) is 3.85. The number of halogens is 1. The van der Waals surface area contributed by atoms with Crippen LogP contribution in [0.5, 0.6) is 0 Å². The van der Waals surface area contributed by atoms with Crippen molar-refractivity contribution in [2.75, 3.05) is 13.1 Å². The molecule has 2 aliphatic rings. The minimum Gasteiger partial charge on any atom is -0.481 e. The number of aromatic nitrogens is 1. The molecule has 5 nitrogen and oxygen atoms in total. The summed E-state index contributed by atoms with van der Waals surface area (Å²) in [5.41, 5.74) is 0.393. The number of likely N-dealkylation sites (tertiary alicyclic amines) is 1. The molecule has 2 aromatic rings. The topological polar surface area (TPSA) is 70.5 Å². The summed E-state index contributed by atoms with van der Waals surface area (Å²) in [7, 11) is 0. The van der Waals surface area contributed by atoms with Crippen LogP contribution in [0.3, 0.4) is 0 Å². The normalized spacial score (nSPS) is 21.9. The van der Waals surface area contributed by atoms with Crippen LogP contribution in [0.2, 0.25) is 4.34 Å². The van der Waals surface area contributed by atoms with Gasteiger partial charge in [-0.25, -0.2) is 4.98 Å². The van der Waals surface area contributed by atoms with Gasteiger partial charge in [0, 0.05) is 18.5 Å². The van der Waals surface area contributed by atoms with Gasteiger partial charge in [-0.05, 0) is 36.8 Å². The number of nitrogens with zero attached hydrogens (tertiary/aromatic N) is 2. The lowest BCUT2D eigenvalue weighted by molar-refractivity contribution is -0.139. The van der Waals surface area contributed by atoms with E-state index >= 15 is 0 Å². The molecule has 1 aliphatic heterocycles. The molecule has 1 aliphatic carbocycles. The van der Waals surface area contributed by atoms with E-state index < -0.39 is 5.97 Å². The number of aliphatic carboxylic acids is 1. The third-order valence-corrected chi connectivity index (χ3v) is 7.28. The molecule has 8 heteroatoms. The van der Waals surface area contributed by atoms with Gasteiger partial charge in [0.05, 0.1) is 15.1 Å². The van der Waals surface area contributed by atoms with Crippen LogP contribution < -0.4 is 0 Å². The zero-order valence-electron chi connectivity index (χ0n) is 12.7. The Morgan fingerprint density at radius 1 is 1.33 bits per heavy atom. The van der Waals surface area contributed by atoms with Crippen molar-refractivity contribution in [2.24, 2.45) is 11.3 Å². The van der Waals surface area contributed by atoms with Crippen LogP contribution in [0.4, 0.5) is 0 Å². The second-order valence-electron chi connectivity index (χ2n) is 6.39. The van der Waals surface area contributed by atoms with Crippen LogP contribution in [-0.4, -0.2) is 40.0 Å². The molecule has 1 unspecified atom stereocenters. The van der Waals surface area contributed by atoms with E-state index in [-0.39, 0.29) is 17.2 Å². The Balaban J connectivity index is 1.42. The molecule has 2 aromatic heterocycles. The van der Waals surface area contributed by atoms with Crippen molar-refractivity contribution in [3.8, 4) is 9.88 Å². The summed E-state index contributed by atoms with van der Waals surface area (Å²) in [6.07, 6.45) is 2.30. The average Bonchev–Trinajstić information content (AvgIpc) is 2.92. The van der Waals surface area contributed by atoms with Crippen molar-refractivity contribution in [3.05, 3.63) is 27.5 Å². The van der Waals surface area contributed by atoms with E-state index in [2.05, 4.69) is 4.98 Å². The highest BCUT2D eigenvalue weighted by molar-refractivity contribution is 7.23. The molecule has 1 saturated carbocycles. The Morgan fingerprint density at radius 3 is 2.67 bits per heavy atom. The van der Waals surface area contributed by atoms with Crippen LogP contribution in [0.1, 0.15) is 29.8 Å². The monoisotopic (exact) mass is 382 g/mol. The highest BCUT2D eigenvalue weighted by Crippen LogP contribution is 2.59. The van der Waals surface area contributed by atoms with Crippen molar-refractivity contribution >= 4 is 46.2 Å². The largest absolute Gasteiger partial charge is 0.481 e. The number of amides is 1. The fourth-order valence-corrected chi connectivity index (χ4v) is 5.39. The number of thiazole rings is 1. The molecule has 1 atom stereocenters. The number of carboxylic acid groups (broad SMARTS) is 1. The molecule has 1 spiro atoms. The van der Waals surface area contributed by atoms with Crippen LogP contribution in [0.15, 0.2) is 17.5 Å². The van der Waals surface area contributed by atoms with Gasteiger partial charge in [0.2, 0.25) is 0 Å². The number of hydrogen-bond acceptors (Lipinski definition) is 5. The van der Waals surface area contributed by atoms with E-state index in [1.807, 2.05) is 12.1 Å². The minimum atomic E-state index is -0.700. The second kappa shape index (κ2) is 5.82. The molecule has 0 bridgehead atoms. The molecule has 2 fully saturated rings. The van der Waals surface area contributed by atoms with Crippen molar-refractivity contribution < 1.29 is 14.7 Å². The van der Waals surface area contributed by atoms with Gasteiger partial charge in [-0.3, -0.25) is 9.59 Å². The number of rotatable bonds is 3. The quantitative estimate of drug-likeness (QED) is 0.875. The summed E-state index contributed by atoms with van der Waals surface area (Å²) in [5.74, 6) is -0.986. The molecule has 1 saturated heterocycles. The Labute approximate surface area is 151 Å². The van der Waals surface area contributed by atoms with Crippen LogP contribution >= 0.6 is 34.3 Å². The lowest BCUT2D eigenvalue weighted by Crippen LogP contribution is -2.40. The van der Waals surface area contributed by atoms with Gasteiger partial charge >= 0.3 is 5.97 Å². The summed E-state index contributed by atoms with van der Waals surface area (Å²) < 4.78 is 0.701. The fourth-order valence-electron chi connectivity index (χ4n) is 3.48. The first-order valence-electron chi connectivity index (χ1n) is 7.72. The van der Waals surface area contributed by atoms with Crippen LogP contribution in [-0.2, 0) is 4.79 Å². The molecular formula is C16H15ClN2O3S2. The van der Waals surface area contributed by atoms with Gasteiger partial charge in [0.25, 0.3) is 5.91 Å². The molecule has 0 aromatic carbocycles. The SMILES string of the molecule is O=C(O)C1CC12CCN(C(=O)c1csc(-c3ccc(Cl)s3)n1)CC2. The van der Waals surface area contributed by atoms with E-state index in [1.165, 1.54) is 22.7 Å². The number of carbonyl (C=O) groups is 2. The number of carbonyl (C=O) groups excluding carboxylic acids is 1. The van der Waals surface area contributed by atoms with Gasteiger partial charge in [-0.1, -0.05) is 11.6 Å². The molecule has 3 heterocycles. The number of thiophene rings is 1. The minimum absolute atomic E-state index is 0.0659. The fraction of sp³-hybridized carbons (Fsp3) is 0.438. The molecule has 0 radical (unpaired) electrons. The van der Waals surface area contributed by atoms with Gasteiger partial charge in [-0.15, -0.1) is 22.7 Å². The standard InChI is InChI=1S/C16H15ClN2O3S2/c17-12-2-1-11(24-12)13-18-10(8-23-13)14(20)19-5-3-16(4-6-19)7-9(16)15(21)22/h1-2,8-9H,3-7H2,(H,21,22). The number of piperidine rings is 1. The first-order chi connectivity index (χ1) is 11.5. The molecule has 1 N–H and O–H groups in total. The van der Waals surface area contributed by atoms with Crippen molar-refractivity contribution in [1.29, 1.82) is 0 Å². The zero-order chi connectivity index (χ0) is 16.9. The number of carboxylic acids is 1. The summed E-state index contributed by atoms with van der Waals surface area (Å²) in [6, 6.07) is 3.73. The van der Waals surface area contributed by atoms with Crippen molar-refractivity contribution in [2.45, 2.75) is 19.3 Å². The molecular weight excluding hydrogens is 368 g/mol. The van der Waals surface area contributed by atoms with E-state index in [4.69, 9.17) is 16.7 Å². The summed E-state index contributed by atoms with van der Waals surface area (Å²) in [6.45, 7) is 1.22. The highest BCUT2D eigenvalue weighted by atomic mass is 35.5. The maximum absolute atomic E-state index is 12.6. The van der Waals surface area contributed by atoms with Gasteiger partial charge in [-0.2, -0.15) is 0 Å². The first kappa shape index (κ1) is 16.1. The third-order valence-electron chi connectivity index (χ3n) is 5.04. The lowest BCUT2D eigenvalue weighted by atomic mass is 9.90. The lowest BCUT2D eigenvalue weighted by Gasteiger charge is -2.32. The van der Waals surface area contributed by atoms with E-state index in [0.717, 1.165) is 29.1 Å². The molecule has 126 valence electrons. The summed E-state index contributed by atoms with van der Waals surface area (Å²) in [5, 5.41) is 11.7. The predicted molar refractivity (Wildman–Crippen MR) is 93.8 cm³/mol. The Bertz CT molecular complexity index is 808. The van der Waals surface area contributed by atoms with Gasteiger partial charge < -0.3 is 10.0 Å². The molecule has 1 amide bonds. The molecule has 4 rings (SSSR count). The summed E-state index contributed by atoms with van der Waals surface area (Å²) >= 11 is 8.83. The van der Waals surface area contributed by atoms with Gasteiger partial charge in [0.1, 0.15) is 10.7 Å². The van der Waals surface area contributed by atoms with Crippen LogP contribution in [0.25, 0.3) is 9.88 Å². The zero-order valence-corrected chi connectivity index (χ0v) is 15.1. The Morgan fingerprint density at radius 2 is 2.08 bits per heavy atom. The van der Waals surface area contributed by atoms with E-state index in [1.54, 1.807) is 10.3 Å². The average molecular weight is 383 g/mol. The smallest absolute Gasteiger partial charge is 0.307 e. The van der Waals surface area contributed by atoms with Crippen molar-refractivity contribution in [3.63, 3.8) is 0 Å². The summed E-state index contributed by atoms with van der Waals surface area (Å²) in [4.78, 5) is 30.9. The van der Waals surface area contributed by atoms with E-state index in [0.29, 0.717) is 23.1 Å². The Hall–Kier alpha value is -1.44. The Kier molecular flexibility index (Phi) is 3.89. The first-order valence-corrected chi connectivity index (χ1v) is 9.79. The highest BCUT2D eigenvalue weighted by Gasteiger charge is 2.59. The number of hydrogen-bond donors (Lipinski definition) is 1. The van der Waals surface area contributed by atoms with Crippen molar-refractivity contribution in [1.82, 2.24) is 9.88 Å². The maximum atomic E-state index is 12.6. The van der Waals surface area contributed by atoms with Crippen LogP contribution in [0, 0.1) is 11.3 Å². The maximum Gasteiger partial charge on any atom is 0.307 e. The third kappa shape index (κ3) is 2.74. The van der Waals surface area contributed by atoms with Gasteiger partial charge in [0.15, 0.2) is 0 Å².